The van der Waals surface area contributed by atoms with E-state index in [1.54, 1.807) is 12.1 Å². The zero-order valence-electron chi connectivity index (χ0n) is 15.5. The van der Waals surface area contributed by atoms with Gasteiger partial charge in [-0.1, -0.05) is 23.7 Å². The molecule has 0 unspecified atom stereocenters. The van der Waals surface area contributed by atoms with Gasteiger partial charge in [0.1, 0.15) is 0 Å². The molecule has 2 N–H and O–H groups in total. The number of nitrogens with one attached hydrogen (secondary N) is 2. The molecular weight excluding hydrogens is 380 g/mol. The molecule has 27 heavy (non-hydrogen) atoms. The largest absolute Gasteiger partial charge is 0.357 e. The number of benzene rings is 2. The van der Waals surface area contributed by atoms with Crippen molar-refractivity contribution < 1.29 is 4.79 Å². The summed E-state index contributed by atoms with van der Waals surface area (Å²) in [5, 5.41) is 4.20. The minimum Gasteiger partial charge on any atom is -0.357 e. The van der Waals surface area contributed by atoms with Crippen molar-refractivity contribution in [3.63, 3.8) is 0 Å². The number of halogens is 1. The van der Waals surface area contributed by atoms with E-state index in [2.05, 4.69) is 10.3 Å². The Bertz CT molecular complexity index is 1080. The third-order valence-corrected chi connectivity index (χ3v) is 6.02. The summed E-state index contributed by atoms with van der Waals surface area (Å²) in [5.74, 6) is 0.750. The maximum absolute atomic E-state index is 12.3. The van der Waals surface area contributed by atoms with Gasteiger partial charge in [-0.15, -0.1) is 11.8 Å². The first-order valence-corrected chi connectivity index (χ1v) is 10.1. The molecule has 0 saturated heterocycles. The second kappa shape index (κ2) is 8.19. The number of carbonyl (C=O) groups excluding carboxylic acids is 1. The van der Waals surface area contributed by atoms with Crippen LogP contribution in [0.1, 0.15) is 22.4 Å². The van der Waals surface area contributed by atoms with Crippen LogP contribution < -0.4 is 10.7 Å². The fourth-order valence-corrected chi connectivity index (χ4v) is 3.79. The van der Waals surface area contributed by atoms with Crippen LogP contribution in [0.5, 0.6) is 0 Å². The molecule has 0 aliphatic rings. The van der Waals surface area contributed by atoms with Gasteiger partial charge in [0, 0.05) is 33.6 Å². The minimum absolute atomic E-state index is 0.00135. The molecule has 3 aromatic rings. The van der Waals surface area contributed by atoms with Crippen molar-refractivity contribution in [2.45, 2.75) is 26.5 Å². The number of aromatic nitrogens is 1. The van der Waals surface area contributed by atoms with Crippen molar-refractivity contribution >= 4 is 45.9 Å². The Labute approximate surface area is 167 Å². The monoisotopic (exact) mass is 400 g/mol. The number of hydrogen-bond donors (Lipinski definition) is 2. The summed E-state index contributed by atoms with van der Waals surface area (Å²) in [6.45, 7) is 5.90. The molecule has 0 bridgehead atoms. The predicted octanol–water partition coefficient (Wildman–Crippen LogP) is 4.98. The average molecular weight is 401 g/mol. The molecule has 1 heterocycles. The lowest BCUT2D eigenvalue weighted by atomic mass is 10.0. The third kappa shape index (κ3) is 4.37. The molecule has 3 rings (SSSR count). The summed E-state index contributed by atoms with van der Waals surface area (Å²) in [4.78, 5) is 27.9. The second-order valence-electron chi connectivity index (χ2n) is 6.54. The van der Waals surface area contributed by atoms with Gasteiger partial charge in [-0.3, -0.25) is 9.59 Å². The first-order valence-electron chi connectivity index (χ1n) is 8.61. The number of fused-ring (bicyclic) bond motifs is 1. The zero-order chi connectivity index (χ0) is 19.6. The van der Waals surface area contributed by atoms with Crippen molar-refractivity contribution in [3.05, 3.63) is 74.0 Å². The van der Waals surface area contributed by atoms with Gasteiger partial charge in [0.15, 0.2) is 5.43 Å². The van der Waals surface area contributed by atoms with Crippen LogP contribution in [0.15, 0.2) is 41.2 Å². The molecule has 1 aromatic heterocycles. The highest BCUT2D eigenvalue weighted by atomic mass is 35.5. The maximum atomic E-state index is 12.3. The normalized spacial score (nSPS) is 11.0. The number of carbonyl (C=O) groups is 1. The van der Waals surface area contributed by atoms with E-state index in [1.165, 1.54) is 11.8 Å². The molecule has 0 aliphatic heterocycles. The average Bonchev–Trinajstić information content (AvgIpc) is 2.62. The van der Waals surface area contributed by atoms with Crippen LogP contribution in [-0.4, -0.2) is 16.6 Å². The number of pyridine rings is 1. The zero-order valence-corrected chi connectivity index (χ0v) is 17.1. The number of thioether (sulfide) groups is 1. The first-order chi connectivity index (χ1) is 12.9. The summed E-state index contributed by atoms with van der Waals surface area (Å²) < 4.78 is 0. The Kier molecular flexibility index (Phi) is 5.92. The molecule has 4 nitrogen and oxygen atoms in total. The lowest BCUT2D eigenvalue weighted by Gasteiger charge is -2.10. The summed E-state index contributed by atoms with van der Waals surface area (Å²) in [6, 6.07) is 10.9. The lowest BCUT2D eigenvalue weighted by Crippen LogP contribution is -2.15. The van der Waals surface area contributed by atoms with Gasteiger partial charge in [0.05, 0.1) is 11.3 Å². The molecule has 0 saturated carbocycles. The number of aromatic amines is 1. The van der Waals surface area contributed by atoms with Crippen LogP contribution in [0.2, 0.25) is 5.02 Å². The van der Waals surface area contributed by atoms with Crippen LogP contribution in [0.3, 0.4) is 0 Å². The fourth-order valence-electron chi connectivity index (χ4n) is 2.88. The van der Waals surface area contributed by atoms with E-state index in [-0.39, 0.29) is 11.3 Å². The van der Waals surface area contributed by atoms with Gasteiger partial charge >= 0.3 is 0 Å². The van der Waals surface area contributed by atoms with Crippen molar-refractivity contribution in [2.75, 3.05) is 11.1 Å². The summed E-state index contributed by atoms with van der Waals surface area (Å²) in [6.07, 6.45) is 0. The van der Waals surface area contributed by atoms with Gasteiger partial charge in [-0.25, -0.2) is 0 Å². The Hall–Kier alpha value is -2.24. The fraction of sp³-hybridized carbons (Fsp3) is 0.238. The summed E-state index contributed by atoms with van der Waals surface area (Å²) in [5.41, 5.74) is 5.47. The highest BCUT2D eigenvalue weighted by Crippen LogP contribution is 2.23. The summed E-state index contributed by atoms with van der Waals surface area (Å²) >= 11 is 7.53. The molecule has 0 fully saturated rings. The second-order valence-corrected chi connectivity index (χ2v) is 7.94. The quantitative estimate of drug-likeness (QED) is 0.635. The Morgan fingerprint density at radius 1 is 1.15 bits per heavy atom. The highest BCUT2D eigenvalue weighted by Gasteiger charge is 2.09. The van der Waals surface area contributed by atoms with Crippen LogP contribution >= 0.6 is 23.4 Å². The molecule has 0 radical (unpaired) electrons. The molecule has 1 amide bonds. The van der Waals surface area contributed by atoms with Gasteiger partial charge in [-0.2, -0.15) is 0 Å². The Morgan fingerprint density at radius 3 is 2.70 bits per heavy atom. The lowest BCUT2D eigenvalue weighted by molar-refractivity contribution is -0.113. The standard InChI is InChI=1S/C21H21ClN2O2S/c1-12-7-8-16-19(25)9-15(23-21(16)13(12)2)10-27-11-20(26)24-18-6-4-5-17(22)14(18)3/h4-9H,10-11H2,1-3H3,(H,23,25)(H,24,26). The highest BCUT2D eigenvalue weighted by molar-refractivity contribution is 7.99. The van der Waals surface area contributed by atoms with Crippen molar-refractivity contribution in [2.24, 2.45) is 0 Å². The van der Waals surface area contributed by atoms with E-state index in [4.69, 9.17) is 11.6 Å². The number of anilines is 1. The van der Waals surface area contributed by atoms with Crippen LogP contribution in [0, 0.1) is 20.8 Å². The van der Waals surface area contributed by atoms with E-state index >= 15 is 0 Å². The van der Waals surface area contributed by atoms with Crippen LogP contribution in [0.25, 0.3) is 10.9 Å². The van der Waals surface area contributed by atoms with Gasteiger partial charge in [0.2, 0.25) is 5.91 Å². The van der Waals surface area contributed by atoms with Gasteiger partial charge in [-0.05, 0) is 55.7 Å². The van der Waals surface area contributed by atoms with Crippen molar-refractivity contribution in [1.82, 2.24) is 4.98 Å². The van der Waals surface area contributed by atoms with E-state index in [9.17, 15) is 9.59 Å². The van der Waals surface area contributed by atoms with Gasteiger partial charge in [0.25, 0.3) is 0 Å². The molecular formula is C21H21ClN2O2S. The molecule has 0 spiro atoms. The molecule has 6 heteroatoms. The molecule has 140 valence electrons. The van der Waals surface area contributed by atoms with E-state index in [0.29, 0.717) is 21.9 Å². The maximum Gasteiger partial charge on any atom is 0.234 e. The number of H-pyrrole nitrogens is 1. The minimum atomic E-state index is -0.0967. The molecule has 2 aromatic carbocycles. The van der Waals surface area contributed by atoms with Crippen LogP contribution in [-0.2, 0) is 10.5 Å². The van der Waals surface area contributed by atoms with Crippen molar-refractivity contribution in [1.29, 1.82) is 0 Å². The molecule has 0 atom stereocenters. The summed E-state index contributed by atoms with van der Waals surface area (Å²) in [7, 11) is 0. The van der Waals surface area contributed by atoms with E-state index in [1.807, 2.05) is 45.0 Å². The van der Waals surface area contributed by atoms with Crippen molar-refractivity contribution in [3.8, 4) is 0 Å². The molecule has 0 aliphatic carbocycles. The topological polar surface area (TPSA) is 62.0 Å². The number of aryl methyl sites for hydroxylation is 2. The SMILES string of the molecule is Cc1ccc2c(=O)cc(CSCC(=O)Nc3cccc(Cl)c3C)[nH]c2c1C. The van der Waals surface area contributed by atoms with E-state index in [0.717, 1.165) is 33.6 Å². The predicted molar refractivity (Wildman–Crippen MR) is 115 cm³/mol. The van der Waals surface area contributed by atoms with E-state index < -0.39 is 0 Å². The third-order valence-electron chi connectivity index (χ3n) is 4.62. The Balaban J connectivity index is 1.67. The number of amides is 1. The number of rotatable bonds is 5. The smallest absolute Gasteiger partial charge is 0.234 e. The van der Waals surface area contributed by atoms with Gasteiger partial charge < -0.3 is 10.3 Å². The first kappa shape index (κ1) is 19.5. The Morgan fingerprint density at radius 2 is 1.93 bits per heavy atom. The number of hydrogen-bond acceptors (Lipinski definition) is 3. The van der Waals surface area contributed by atoms with Crippen LogP contribution in [0.4, 0.5) is 5.69 Å².